The predicted octanol–water partition coefficient (Wildman–Crippen LogP) is 3.33. The van der Waals surface area contributed by atoms with Crippen molar-refractivity contribution in [2.24, 2.45) is 0 Å². The van der Waals surface area contributed by atoms with Crippen molar-refractivity contribution in [2.75, 3.05) is 0 Å². The van der Waals surface area contributed by atoms with Gasteiger partial charge in [-0.2, -0.15) is 11.1 Å². The normalized spacial score (nSPS) is 20.4. The molecule has 0 bridgehead atoms. The first kappa shape index (κ1) is 9.25. The molecule has 0 aliphatic heterocycles. The fourth-order valence-corrected chi connectivity index (χ4v) is 2.26. The van der Waals surface area contributed by atoms with E-state index in [2.05, 4.69) is 27.0 Å². The molecular formula is C7H15ClSi. The first-order valence-electron chi connectivity index (χ1n) is 3.37. The molecule has 0 aliphatic rings. The highest BCUT2D eigenvalue weighted by Crippen LogP contribution is 2.28. The molecule has 0 rings (SSSR count). The van der Waals surface area contributed by atoms with Crippen LogP contribution in [0, 0.1) is 0 Å². The Hall–Kier alpha value is 0.247. The summed E-state index contributed by atoms with van der Waals surface area (Å²) in [7, 11) is -1.54. The van der Waals surface area contributed by atoms with Crippen LogP contribution in [0.4, 0.5) is 0 Å². The Morgan fingerprint density at radius 1 is 1.78 bits per heavy atom. The van der Waals surface area contributed by atoms with E-state index in [9.17, 15) is 0 Å². The zero-order valence-electron chi connectivity index (χ0n) is 6.45. The van der Waals surface area contributed by atoms with Gasteiger partial charge in [0.2, 0.25) is 0 Å². The highest BCUT2D eigenvalue weighted by Gasteiger charge is 2.26. The van der Waals surface area contributed by atoms with E-state index in [1.54, 1.807) is 0 Å². The van der Waals surface area contributed by atoms with E-state index in [1.807, 2.05) is 5.70 Å². The monoisotopic (exact) mass is 162 g/mol. The Bertz CT molecular complexity index is 99.1. The summed E-state index contributed by atoms with van der Waals surface area (Å²) in [5.41, 5.74) is 2.60. The van der Waals surface area contributed by atoms with Crippen molar-refractivity contribution in [2.45, 2.75) is 32.4 Å². The number of hydrogen-bond acceptors (Lipinski definition) is 0. The van der Waals surface area contributed by atoms with Crippen LogP contribution in [0.1, 0.15) is 20.3 Å². The van der Waals surface area contributed by atoms with Crippen LogP contribution in [-0.2, 0) is 0 Å². The summed E-state index contributed by atoms with van der Waals surface area (Å²) in [4.78, 5) is 0. The molecule has 2 unspecified atom stereocenters. The van der Waals surface area contributed by atoms with E-state index in [0.717, 1.165) is 6.42 Å². The van der Waals surface area contributed by atoms with Gasteiger partial charge in [0.05, 0.1) is 0 Å². The molecule has 0 amide bonds. The summed E-state index contributed by atoms with van der Waals surface area (Å²) < 4.78 is 0. The van der Waals surface area contributed by atoms with Gasteiger partial charge >= 0.3 is 0 Å². The minimum atomic E-state index is -1.54. The third-order valence-electron chi connectivity index (χ3n) is 1.98. The molecule has 9 heavy (non-hydrogen) atoms. The fourth-order valence-electron chi connectivity index (χ4n) is 0.600. The lowest BCUT2D eigenvalue weighted by molar-refractivity contribution is 0.857. The van der Waals surface area contributed by atoms with Gasteiger partial charge in [-0.15, -0.1) is 6.58 Å². The van der Waals surface area contributed by atoms with Crippen LogP contribution in [0.15, 0.2) is 12.3 Å². The molecule has 54 valence electrons. The third-order valence-corrected chi connectivity index (χ3v) is 6.69. The molecule has 0 fully saturated rings. The summed E-state index contributed by atoms with van der Waals surface area (Å²) in [5.74, 6) is 0. The molecule has 0 spiro atoms. The topological polar surface area (TPSA) is 0 Å². The van der Waals surface area contributed by atoms with E-state index in [-0.39, 0.29) is 0 Å². The second-order valence-corrected chi connectivity index (χ2v) is 8.80. The van der Waals surface area contributed by atoms with Crippen LogP contribution in [0.3, 0.4) is 0 Å². The molecule has 0 aromatic carbocycles. The van der Waals surface area contributed by atoms with Gasteiger partial charge < -0.3 is 0 Å². The van der Waals surface area contributed by atoms with Gasteiger partial charge in [0.15, 0.2) is 7.38 Å². The maximum Gasteiger partial charge on any atom is 0.178 e. The van der Waals surface area contributed by atoms with Crippen LogP contribution in [0.2, 0.25) is 12.1 Å². The Labute approximate surface area is 63.6 Å². The van der Waals surface area contributed by atoms with Crippen LogP contribution < -0.4 is 0 Å². The highest BCUT2D eigenvalue weighted by atomic mass is 35.6. The van der Waals surface area contributed by atoms with E-state index in [1.165, 1.54) is 0 Å². The Morgan fingerprint density at radius 2 is 2.22 bits per heavy atom. The van der Waals surface area contributed by atoms with E-state index < -0.39 is 7.38 Å². The van der Waals surface area contributed by atoms with Crippen molar-refractivity contribution in [3.05, 3.63) is 12.3 Å². The van der Waals surface area contributed by atoms with Crippen LogP contribution in [0.25, 0.3) is 0 Å². The average Bonchev–Trinajstić information content (AvgIpc) is 1.86. The lowest BCUT2D eigenvalue weighted by Crippen LogP contribution is -2.24. The van der Waals surface area contributed by atoms with E-state index in [0.29, 0.717) is 5.54 Å². The standard InChI is InChI=1S/C7H15ClSi/c1-5-7(3)9(4,8)6-2/h6-7H,2,5H2,1,3-4H3. The van der Waals surface area contributed by atoms with Gasteiger partial charge in [-0.25, -0.2) is 0 Å². The summed E-state index contributed by atoms with van der Waals surface area (Å²) in [6, 6.07) is 0. The fraction of sp³-hybridized carbons (Fsp3) is 0.714. The van der Waals surface area contributed by atoms with Gasteiger partial charge in [-0.3, -0.25) is 0 Å². The second kappa shape index (κ2) is 3.42. The number of hydrogen-bond donors (Lipinski definition) is 0. The van der Waals surface area contributed by atoms with Gasteiger partial charge in [0, 0.05) is 0 Å². The molecule has 2 heteroatoms. The lowest BCUT2D eigenvalue weighted by atomic mass is 10.4. The summed E-state index contributed by atoms with van der Waals surface area (Å²) in [6.45, 7) is 10.2. The molecular weight excluding hydrogens is 148 g/mol. The van der Waals surface area contributed by atoms with Gasteiger partial charge in [0.25, 0.3) is 0 Å². The van der Waals surface area contributed by atoms with E-state index >= 15 is 0 Å². The highest BCUT2D eigenvalue weighted by molar-refractivity contribution is 7.23. The summed E-state index contributed by atoms with van der Waals surface area (Å²) >= 11 is 6.19. The number of halogens is 1. The minimum absolute atomic E-state index is 0.650. The maximum absolute atomic E-state index is 6.19. The Morgan fingerprint density at radius 3 is 2.33 bits per heavy atom. The van der Waals surface area contributed by atoms with Gasteiger partial charge in [-0.1, -0.05) is 32.5 Å². The first-order chi connectivity index (χ1) is 4.04. The molecule has 0 nitrogen and oxygen atoms in total. The van der Waals surface area contributed by atoms with Crippen LogP contribution in [0.5, 0.6) is 0 Å². The predicted molar refractivity (Wildman–Crippen MR) is 47.4 cm³/mol. The first-order valence-corrected chi connectivity index (χ1v) is 7.03. The minimum Gasteiger partial charge on any atom is -0.162 e. The van der Waals surface area contributed by atoms with Crippen molar-refractivity contribution in [3.8, 4) is 0 Å². The molecule has 0 saturated carbocycles. The third kappa shape index (κ3) is 2.54. The molecule has 0 aromatic rings. The van der Waals surface area contributed by atoms with E-state index in [4.69, 9.17) is 11.1 Å². The van der Waals surface area contributed by atoms with Crippen LogP contribution in [-0.4, -0.2) is 7.38 Å². The Kier molecular flexibility index (Phi) is 3.52. The molecule has 0 N–H and O–H groups in total. The molecule has 0 radical (unpaired) electrons. The van der Waals surface area contributed by atoms with Crippen molar-refractivity contribution in [1.82, 2.24) is 0 Å². The molecule has 0 aromatic heterocycles. The Balaban J connectivity index is 3.95. The molecule has 2 atom stereocenters. The second-order valence-electron chi connectivity index (χ2n) is 2.66. The SMILES string of the molecule is C=C[Si](C)(Cl)C(C)CC. The van der Waals surface area contributed by atoms with Gasteiger partial charge in [0.1, 0.15) is 0 Å². The van der Waals surface area contributed by atoms with Crippen LogP contribution >= 0.6 is 11.1 Å². The zero-order valence-corrected chi connectivity index (χ0v) is 8.20. The number of rotatable bonds is 3. The quantitative estimate of drug-likeness (QED) is 0.441. The maximum atomic E-state index is 6.19. The average molecular weight is 163 g/mol. The lowest BCUT2D eigenvalue weighted by Gasteiger charge is -2.20. The largest absolute Gasteiger partial charge is 0.178 e. The van der Waals surface area contributed by atoms with Crippen molar-refractivity contribution in [1.29, 1.82) is 0 Å². The molecule has 0 heterocycles. The summed E-state index contributed by atoms with van der Waals surface area (Å²) in [6.07, 6.45) is 1.16. The molecule has 0 saturated heterocycles. The van der Waals surface area contributed by atoms with Crippen molar-refractivity contribution < 1.29 is 0 Å². The molecule has 0 aliphatic carbocycles. The van der Waals surface area contributed by atoms with Crippen molar-refractivity contribution >= 4 is 18.5 Å². The van der Waals surface area contributed by atoms with Crippen molar-refractivity contribution in [3.63, 3.8) is 0 Å². The van der Waals surface area contributed by atoms with Gasteiger partial charge in [-0.05, 0) is 5.54 Å². The zero-order chi connectivity index (χ0) is 7.49. The summed E-state index contributed by atoms with van der Waals surface area (Å²) in [5, 5.41) is 0. The smallest absolute Gasteiger partial charge is 0.162 e.